The van der Waals surface area contributed by atoms with Crippen LogP contribution in [-0.4, -0.2) is 31.1 Å². The Balaban J connectivity index is 0.00000400. The molecule has 0 amide bonds. The number of pyridine rings is 1. The number of aliphatic imine (C=N–C) groups is 1. The Kier molecular flexibility index (Phi) is 12.3. The van der Waals surface area contributed by atoms with Crippen LogP contribution in [0.2, 0.25) is 0 Å². The third-order valence-electron chi connectivity index (χ3n) is 3.37. The number of nitrogens with one attached hydrogen (secondary N) is 2. The Hall–Kier alpha value is -0.850. The second-order valence-electron chi connectivity index (χ2n) is 5.04. The van der Waals surface area contributed by atoms with Gasteiger partial charge in [0, 0.05) is 32.5 Å². The highest BCUT2D eigenvalue weighted by Crippen LogP contribution is 2.04. The maximum Gasteiger partial charge on any atom is 0.190 e. The van der Waals surface area contributed by atoms with Crippen molar-refractivity contribution in [2.75, 3.05) is 20.1 Å². The summed E-state index contributed by atoms with van der Waals surface area (Å²) in [7, 11) is 1.82. The predicted molar refractivity (Wildman–Crippen MR) is 102 cm³/mol. The van der Waals surface area contributed by atoms with Crippen molar-refractivity contribution in [1.29, 1.82) is 0 Å². The van der Waals surface area contributed by atoms with Crippen molar-refractivity contribution in [3.63, 3.8) is 0 Å². The van der Waals surface area contributed by atoms with Gasteiger partial charge in [0.1, 0.15) is 0 Å². The Morgan fingerprint density at radius 3 is 2.62 bits per heavy atom. The summed E-state index contributed by atoms with van der Waals surface area (Å²) in [4.78, 5) is 8.35. The highest BCUT2D eigenvalue weighted by Gasteiger charge is 1.99. The van der Waals surface area contributed by atoms with E-state index in [4.69, 9.17) is 0 Å². The van der Waals surface area contributed by atoms with E-state index in [2.05, 4.69) is 40.5 Å². The second-order valence-corrected chi connectivity index (χ2v) is 5.04. The van der Waals surface area contributed by atoms with E-state index in [-0.39, 0.29) is 24.0 Å². The van der Waals surface area contributed by atoms with Gasteiger partial charge in [0.2, 0.25) is 0 Å². The molecule has 1 heterocycles. The number of nitrogens with zero attached hydrogens (tertiary/aromatic N) is 2. The van der Waals surface area contributed by atoms with Crippen LogP contribution in [0.15, 0.2) is 23.5 Å². The first-order valence-electron chi connectivity index (χ1n) is 7.62. The van der Waals surface area contributed by atoms with Crippen LogP contribution < -0.4 is 10.6 Å². The summed E-state index contributed by atoms with van der Waals surface area (Å²) in [6, 6.07) is 2.08. The van der Waals surface area contributed by atoms with Crippen LogP contribution in [0.4, 0.5) is 0 Å². The number of guanidine groups is 1. The summed E-state index contributed by atoms with van der Waals surface area (Å²) < 4.78 is 0. The number of aromatic nitrogens is 1. The molecule has 0 bridgehead atoms. The van der Waals surface area contributed by atoms with Gasteiger partial charge in [0.15, 0.2) is 5.96 Å². The van der Waals surface area contributed by atoms with Gasteiger partial charge in [0.05, 0.1) is 0 Å². The van der Waals surface area contributed by atoms with E-state index >= 15 is 0 Å². The molecular formula is C16H29IN4. The zero-order valence-corrected chi connectivity index (χ0v) is 15.8. The maximum atomic E-state index is 4.24. The molecule has 1 aromatic rings. The van der Waals surface area contributed by atoms with Gasteiger partial charge in [-0.15, -0.1) is 24.0 Å². The summed E-state index contributed by atoms with van der Waals surface area (Å²) in [6.45, 7) is 6.21. The normalized spacial score (nSPS) is 10.9. The van der Waals surface area contributed by atoms with Crippen molar-refractivity contribution in [1.82, 2.24) is 15.6 Å². The van der Waals surface area contributed by atoms with Gasteiger partial charge in [-0.25, -0.2) is 0 Å². The van der Waals surface area contributed by atoms with E-state index in [0.29, 0.717) is 0 Å². The molecule has 0 atom stereocenters. The zero-order valence-electron chi connectivity index (χ0n) is 13.5. The van der Waals surface area contributed by atoms with Crippen LogP contribution in [0.3, 0.4) is 0 Å². The van der Waals surface area contributed by atoms with Gasteiger partial charge in [-0.2, -0.15) is 0 Å². The van der Waals surface area contributed by atoms with E-state index in [9.17, 15) is 0 Å². The first-order valence-corrected chi connectivity index (χ1v) is 7.62. The summed E-state index contributed by atoms with van der Waals surface area (Å²) in [5, 5.41) is 6.71. The monoisotopic (exact) mass is 404 g/mol. The molecule has 0 fully saturated rings. The van der Waals surface area contributed by atoms with Gasteiger partial charge in [-0.05, 0) is 37.0 Å². The molecule has 1 rings (SSSR count). The predicted octanol–water partition coefficient (Wildman–Crippen LogP) is 3.30. The molecule has 0 aliphatic heterocycles. The molecule has 0 saturated carbocycles. The van der Waals surface area contributed by atoms with Crippen LogP contribution >= 0.6 is 24.0 Å². The quantitative estimate of drug-likeness (QED) is 0.303. The number of rotatable bonds is 8. The molecule has 0 aliphatic rings. The van der Waals surface area contributed by atoms with Gasteiger partial charge in [-0.3, -0.25) is 9.98 Å². The topological polar surface area (TPSA) is 49.3 Å². The Labute approximate surface area is 146 Å². The number of unbranched alkanes of at least 4 members (excludes halogenated alkanes) is 3. The smallest absolute Gasteiger partial charge is 0.190 e. The molecule has 0 aromatic carbocycles. The minimum Gasteiger partial charge on any atom is -0.356 e. The Morgan fingerprint density at radius 1 is 1.19 bits per heavy atom. The van der Waals surface area contributed by atoms with Crippen LogP contribution in [0.25, 0.3) is 0 Å². The van der Waals surface area contributed by atoms with Crippen molar-refractivity contribution in [3.8, 4) is 0 Å². The van der Waals surface area contributed by atoms with Gasteiger partial charge in [-0.1, -0.05) is 26.2 Å². The lowest BCUT2D eigenvalue weighted by Gasteiger charge is -2.12. The van der Waals surface area contributed by atoms with Gasteiger partial charge < -0.3 is 10.6 Å². The first-order chi connectivity index (χ1) is 9.77. The highest BCUT2D eigenvalue weighted by molar-refractivity contribution is 14.0. The fourth-order valence-corrected chi connectivity index (χ4v) is 2.08. The summed E-state index contributed by atoms with van der Waals surface area (Å²) in [5.74, 6) is 0.896. The average molecular weight is 404 g/mol. The average Bonchev–Trinajstić information content (AvgIpc) is 2.47. The van der Waals surface area contributed by atoms with E-state index in [1.165, 1.54) is 36.8 Å². The van der Waals surface area contributed by atoms with Crippen LogP contribution in [0, 0.1) is 6.92 Å². The SMILES string of the molecule is CCCCCCNC(=NC)NCCc1ccncc1C.I. The number of hydrogen-bond acceptors (Lipinski definition) is 2. The molecule has 0 aliphatic carbocycles. The van der Waals surface area contributed by atoms with E-state index in [1.54, 1.807) is 0 Å². The lowest BCUT2D eigenvalue weighted by atomic mass is 10.1. The standard InChI is InChI=1S/C16H28N4.HI/c1-4-5-6-7-10-19-16(17-3)20-12-9-15-8-11-18-13-14(15)2;/h8,11,13H,4-7,9-10,12H2,1-3H3,(H2,17,19,20);1H. The third kappa shape index (κ3) is 8.90. The van der Waals surface area contributed by atoms with Crippen molar-refractivity contribution in [2.45, 2.75) is 46.0 Å². The lowest BCUT2D eigenvalue weighted by molar-refractivity contribution is 0.647. The molecule has 120 valence electrons. The van der Waals surface area contributed by atoms with E-state index in [0.717, 1.165) is 25.5 Å². The molecule has 4 nitrogen and oxygen atoms in total. The fourth-order valence-electron chi connectivity index (χ4n) is 2.08. The highest BCUT2D eigenvalue weighted by atomic mass is 127. The second kappa shape index (κ2) is 12.9. The van der Waals surface area contributed by atoms with Crippen molar-refractivity contribution < 1.29 is 0 Å². The van der Waals surface area contributed by atoms with Crippen molar-refractivity contribution in [3.05, 3.63) is 29.6 Å². The molecule has 21 heavy (non-hydrogen) atoms. The minimum absolute atomic E-state index is 0. The van der Waals surface area contributed by atoms with Crippen molar-refractivity contribution in [2.24, 2.45) is 4.99 Å². The van der Waals surface area contributed by atoms with Gasteiger partial charge in [0.25, 0.3) is 0 Å². The largest absolute Gasteiger partial charge is 0.356 e. The molecule has 5 heteroatoms. The van der Waals surface area contributed by atoms with Crippen LogP contribution in [0.1, 0.15) is 43.7 Å². The first kappa shape index (κ1) is 20.1. The Bertz CT molecular complexity index is 407. The van der Waals surface area contributed by atoms with Crippen LogP contribution in [0.5, 0.6) is 0 Å². The molecule has 0 radical (unpaired) electrons. The number of aryl methyl sites for hydroxylation is 1. The lowest BCUT2D eigenvalue weighted by Crippen LogP contribution is -2.38. The molecule has 0 spiro atoms. The van der Waals surface area contributed by atoms with Crippen molar-refractivity contribution >= 4 is 29.9 Å². The fraction of sp³-hybridized carbons (Fsp3) is 0.625. The number of hydrogen-bond donors (Lipinski definition) is 2. The summed E-state index contributed by atoms with van der Waals surface area (Å²) in [5.41, 5.74) is 2.59. The molecule has 2 N–H and O–H groups in total. The molecule has 0 unspecified atom stereocenters. The third-order valence-corrected chi connectivity index (χ3v) is 3.37. The van der Waals surface area contributed by atoms with E-state index in [1.807, 2.05) is 19.4 Å². The number of halogens is 1. The van der Waals surface area contributed by atoms with E-state index < -0.39 is 0 Å². The maximum absolute atomic E-state index is 4.24. The van der Waals surface area contributed by atoms with Gasteiger partial charge >= 0.3 is 0 Å². The summed E-state index contributed by atoms with van der Waals surface area (Å²) in [6.07, 6.45) is 9.84. The zero-order chi connectivity index (χ0) is 14.6. The molecule has 0 saturated heterocycles. The Morgan fingerprint density at radius 2 is 1.95 bits per heavy atom. The molecular weight excluding hydrogens is 375 g/mol. The minimum atomic E-state index is 0. The van der Waals surface area contributed by atoms with Crippen LogP contribution in [-0.2, 0) is 6.42 Å². The summed E-state index contributed by atoms with van der Waals surface area (Å²) >= 11 is 0. The molecule has 1 aromatic heterocycles.